The molecule has 3 aliphatic rings. The molecule has 0 saturated carbocycles. The average Bonchev–Trinajstić information content (AvgIpc) is 3.15. The molecule has 3 aromatic carbocycles. The quantitative estimate of drug-likeness (QED) is 0.153. The molecule has 0 bridgehead atoms. The summed E-state index contributed by atoms with van der Waals surface area (Å²) in [5.41, 5.74) is 1.77. The van der Waals surface area contributed by atoms with Gasteiger partial charge >= 0.3 is 6.36 Å². The molecule has 10 nitrogen and oxygen atoms in total. The number of piperidine rings is 3. The predicted molar refractivity (Wildman–Crippen MR) is 199 cm³/mol. The van der Waals surface area contributed by atoms with Crippen LogP contribution in [-0.2, 0) is 27.9 Å². The number of pyridine rings is 1. The number of nitrogens with one attached hydrogen (secondary N) is 2. The zero-order valence-electron chi connectivity index (χ0n) is 30.8. The number of carbonyl (C=O) groups excluding carboxylic acids is 3. The van der Waals surface area contributed by atoms with Crippen molar-refractivity contribution >= 4 is 34.2 Å². The van der Waals surface area contributed by atoms with Gasteiger partial charge in [-0.25, -0.2) is 8.78 Å². The molecule has 1 unspecified atom stereocenters. The molecule has 2 N–H and O–H groups in total. The minimum atomic E-state index is -4.95. The molecular formula is C41H42F5N5O5. The fourth-order valence-corrected chi connectivity index (χ4v) is 8.15. The first-order valence-electron chi connectivity index (χ1n) is 18.8. The van der Waals surface area contributed by atoms with Crippen molar-refractivity contribution in [3.63, 3.8) is 0 Å². The summed E-state index contributed by atoms with van der Waals surface area (Å²) in [7, 11) is 1.52. The topological polar surface area (TPSA) is 113 Å². The summed E-state index contributed by atoms with van der Waals surface area (Å²) in [5, 5.41) is 5.80. The number of benzene rings is 3. The highest BCUT2D eigenvalue weighted by atomic mass is 19.4. The van der Waals surface area contributed by atoms with Crippen molar-refractivity contribution in [1.29, 1.82) is 0 Å². The molecule has 3 amide bonds. The number of amides is 3. The Bertz CT molecular complexity index is 2210. The third-order valence-corrected chi connectivity index (χ3v) is 11.2. The summed E-state index contributed by atoms with van der Waals surface area (Å²) >= 11 is 0. The van der Waals surface area contributed by atoms with E-state index in [9.17, 15) is 36.7 Å². The molecule has 4 aromatic rings. The van der Waals surface area contributed by atoms with Gasteiger partial charge in [0.25, 0.3) is 5.56 Å². The predicted octanol–water partition coefficient (Wildman–Crippen LogP) is 6.26. The fourth-order valence-electron chi connectivity index (χ4n) is 8.15. The van der Waals surface area contributed by atoms with E-state index in [0.29, 0.717) is 92.6 Å². The van der Waals surface area contributed by atoms with Crippen LogP contribution in [0.4, 0.5) is 27.6 Å². The highest BCUT2D eigenvalue weighted by Gasteiger charge is 2.34. The van der Waals surface area contributed by atoms with Gasteiger partial charge in [-0.3, -0.25) is 29.4 Å². The van der Waals surface area contributed by atoms with E-state index in [-0.39, 0.29) is 58.7 Å². The van der Waals surface area contributed by atoms with Crippen LogP contribution in [0.15, 0.2) is 65.6 Å². The summed E-state index contributed by atoms with van der Waals surface area (Å²) in [6.07, 6.45) is -0.0649. The number of alkyl halides is 3. The van der Waals surface area contributed by atoms with Crippen LogP contribution in [0.2, 0.25) is 0 Å². The summed E-state index contributed by atoms with van der Waals surface area (Å²) in [6, 6.07) is 12.4. The van der Waals surface area contributed by atoms with Gasteiger partial charge in [0, 0.05) is 49.4 Å². The molecule has 15 heteroatoms. The van der Waals surface area contributed by atoms with Crippen LogP contribution in [0, 0.1) is 17.6 Å². The lowest BCUT2D eigenvalue weighted by Crippen LogP contribution is -2.47. The first-order valence-corrected chi connectivity index (χ1v) is 18.8. The van der Waals surface area contributed by atoms with Gasteiger partial charge in [-0.1, -0.05) is 18.2 Å². The monoisotopic (exact) mass is 779 g/mol. The molecule has 3 fully saturated rings. The zero-order valence-corrected chi connectivity index (χ0v) is 30.8. The maximum absolute atomic E-state index is 15.2. The summed E-state index contributed by atoms with van der Waals surface area (Å²) in [4.78, 5) is 53.3. The molecular weight excluding hydrogens is 737 g/mol. The minimum Gasteiger partial charge on any atom is -0.405 e. The number of hydrogen-bond acceptors (Lipinski definition) is 7. The van der Waals surface area contributed by atoms with E-state index in [1.54, 1.807) is 29.2 Å². The number of likely N-dealkylation sites (tertiary alicyclic amines) is 2. The lowest BCUT2D eigenvalue weighted by Gasteiger charge is -2.36. The standard InChI is InChI=1S/C41H42F5N5O5/c1-49-22-33(32-20-28(42)4-6-31(32)40(49)55)26-2-3-27(36(19-26)56-41(44,45)46)18-24-10-14-50(15-11-24)23-38(53)51-16-12-25(13-17-51)30-7-5-29(21-34(30)43)47-35-8-9-37(52)48-39(35)54/h2-7,19-22,24-25,35,47H,8-18,23H2,1H3,(H,48,52,54). The normalized spacial score (nSPS) is 19.0. The summed E-state index contributed by atoms with van der Waals surface area (Å²) < 4.78 is 76.1. The van der Waals surface area contributed by atoms with Gasteiger partial charge in [0.1, 0.15) is 23.4 Å². The van der Waals surface area contributed by atoms with E-state index in [4.69, 9.17) is 0 Å². The lowest BCUT2D eigenvalue weighted by molar-refractivity contribution is -0.274. The smallest absolute Gasteiger partial charge is 0.405 e. The Balaban J connectivity index is 0.926. The number of nitrogens with zero attached hydrogens (tertiary/aromatic N) is 3. The van der Waals surface area contributed by atoms with Crippen molar-refractivity contribution in [1.82, 2.24) is 19.7 Å². The Kier molecular flexibility index (Phi) is 11.2. The Morgan fingerprint density at radius 1 is 0.893 bits per heavy atom. The van der Waals surface area contributed by atoms with Gasteiger partial charge in [0.15, 0.2) is 0 Å². The highest BCUT2D eigenvalue weighted by molar-refractivity contribution is 6.01. The number of halogens is 5. The Hall–Kier alpha value is -5.31. The number of hydrogen-bond donors (Lipinski definition) is 2. The number of fused-ring (bicyclic) bond motifs is 1. The first-order chi connectivity index (χ1) is 26.7. The molecule has 1 atom stereocenters. The Morgan fingerprint density at radius 3 is 2.34 bits per heavy atom. The number of aromatic nitrogens is 1. The van der Waals surface area contributed by atoms with Crippen LogP contribution in [0.5, 0.6) is 5.75 Å². The number of aryl methyl sites for hydroxylation is 1. The van der Waals surface area contributed by atoms with E-state index in [0.717, 1.165) is 0 Å². The summed E-state index contributed by atoms with van der Waals surface area (Å²) in [6.45, 7) is 2.38. The van der Waals surface area contributed by atoms with Gasteiger partial charge in [-0.15, -0.1) is 13.2 Å². The minimum absolute atomic E-state index is 0.0200. The van der Waals surface area contributed by atoms with Crippen molar-refractivity contribution in [3.8, 4) is 16.9 Å². The third-order valence-electron chi connectivity index (χ3n) is 11.2. The third kappa shape index (κ3) is 8.88. The van der Waals surface area contributed by atoms with Gasteiger partial charge in [-0.2, -0.15) is 0 Å². The van der Waals surface area contributed by atoms with Crippen LogP contribution in [0.3, 0.4) is 0 Å². The molecule has 3 aliphatic heterocycles. The highest BCUT2D eigenvalue weighted by Crippen LogP contribution is 2.37. The van der Waals surface area contributed by atoms with E-state index < -0.39 is 29.9 Å². The molecule has 296 valence electrons. The van der Waals surface area contributed by atoms with Gasteiger partial charge in [0.05, 0.1) is 6.54 Å². The second kappa shape index (κ2) is 16.0. The number of carbonyl (C=O) groups is 3. The first kappa shape index (κ1) is 38.9. The fraction of sp³-hybridized carbons (Fsp3) is 0.415. The van der Waals surface area contributed by atoms with Crippen molar-refractivity contribution in [3.05, 3.63) is 93.9 Å². The largest absolute Gasteiger partial charge is 0.573 e. The van der Waals surface area contributed by atoms with Crippen LogP contribution < -0.4 is 20.9 Å². The maximum atomic E-state index is 15.2. The van der Waals surface area contributed by atoms with Crippen LogP contribution in [0.25, 0.3) is 21.9 Å². The molecule has 3 saturated heterocycles. The lowest BCUT2D eigenvalue weighted by atomic mass is 9.88. The van der Waals surface area contributed by atoms with Gasteiger partial charge < -0.3 is 19.5 Å². The molecule has 0 radical (unpaired) electrons. The van der Waals surface area contributed by atoms with E-state index in [1.807, 2.05) is 0 Å². The van der Waals surface area contributed by atoms with E-state index in [2.05, 4.69) is 20.3 Å². The Morgan fingerprint density at radius 2 is 1.64 bits per heavy atom. The van der Waals surface area contributed by atoms with E-state index in [1.165, 1.54) is 48.1 Å². The maximum Gasteiger partial charge on any atom is 0.573 e. The average molecular weight is 780 g/mol. The van der Waals surface area contributed by atoms with Crippen molar-refractivity contribution in [2.45, 2.75) is 63.3 Å². The van der Waals surface area contributed by atoms with E-state index >= 15 is 4.39 Å². The van der Waals surface area contributed by atoms with Crippen molar-refractivity contribution in [2.75, 3.05) is 38.0 Å². The van der Waals surface area contributed by atoms with Gasteiger partial charge in [-0.05, 0) is 122 Å². The second-order valence-corrected chi connectivity index (χ2v) is 15.0. The molecule has 0 spiro atoms. The number of ether oxygens (including phenoxy) is 1. The van der Waals surface area contributed by atoms with Gasteiger partial charge in [0.2, 0.25) is 17.7 Å². The number of imide groups is 1. The summed E-state index contributed by atoms with van der Waals surface area (Å²) in [5.74, 6) is -2.12. The molecule has 56 heavy (non-hydrogen) atoms. The molecule has 1 aromatic heterocycles. The van der Waals surface area contributed by atoms with Crippen molar-refractivity contribution in [2.24, 2.45) is 13.0 Å². The molecule has 0 aliphatic carbocycles. The van der Waals surface area contributed by atoms with Crippen LogP contribution in [-0.4, -0.2) is 77.2 Å². The van der Waals surface area contributed by atoms with Crippen molar-refractivity contribution < 1.29 is 41.1 Å². The SMILES string of the molecule is Cn1cc(-c2ccc(CC3CCN(CC(=O)N4CCC(c5ccc(NC6CCC(=O)NC6=O)cc5F)CC4)CC3)c(OC(F)(F)F)c2)c2cc(F)ccc2c1=O. The molecule has 4 heterocycles. The Labute approximate surface area is 319 Å². The van der Waals surface area contributed by atoms with Crippen LogP contribution in [0.1, 0.15) is 55.6 Å². The van der Waals surface area contributed by atoms with Crippen LogP contribution >= 0.6 is 0 Å². The number of anilines is 1. The zero-order chi connectivity index (χ0) is 39.7. The number of rotatable bonds is 9. The molecule has 7 rings (SSSR count). The second-order valence-electron chi connectivity index (χ2n) is 15.0.